The minimum absolute atomic E-state index is 0.230. The van der Waals surface area contributed by atoms with Crippen LogP contribution >= 0.6 is 7.60 Å². The average molecular weight is 272 g/mol. The summed E-state index contributed by atoms with van der Waals surface area (Å²) in [6.07, 6.45) is 0.241. The average Bonchev–Trinajstić information content (AvgIpc) is 2.76. The van der Waals surface area contributed by atoms with Gasteiger partial charge >= 0.3 is 7.60 Å². The molecule has 5 nitrogen and oxygen atoms in total. The van der Waals surface area contributed by atoms with Crippen molar-refractivity contribution in [1.29, 1.82) is 0 Å². The van der Waals surface area contributed by atoms with Gasteiger partial charge < -0.3 is 18.5 Å². The van der Waals surface area contributed by atoms with Gasteiger partial charge in [-0.25, -0.2) is 0 Å². The van der Waals surface area contributed by atoms with Gasteiger partial charge in [-0.15, -0.1) is 0 Å². The Kier molecular flexibility index (Phi) is 4.27. The highest BCUT2D eigenvalue weighted by atomic mass is 31.2. The van der Waals surface area contributed by atoms with E-state index < -0.39 is 7.60 Å². The van der Waals surface area contributed by atoms with Crippen molar-refractivity contribution in [1.82, 2.24) is 0 Å². The van der Waals surface area contributed by atoms with Gasteiger partial charge in [0.05, 0.1) is 19.4 Å². The minimum atomic E-state index is -3.06. The molecule has 6 heteroatoms. The van der Waals surface area contributed by atoms with Crippen LogP contribution in [0.3, 0.4) is 0 Å². The maximum atomic E-state index is 12.4. The molecule has 1 aromatic carbocycles. The maximum Gasteiger partial charge on any atom is 0.335 e. The molecule has 0 atom stereocenters. The third kappa shape index (κ3) is 3.05. The van der Waals surface area contributed by atoms with E-state index in [9.17, 15) is 4.57 Å². The van der Waals surface area contributed by atoms with Crippen LogP contribution in [0.1, 0.15) is 19.4 Å². The van der Waals surface area contributed by atoms with Gasteiger partial charge in [0.25, 0.3) is 0 Å². The van der Waals surface area contributed by atoms with Crippen molar-refractivity contribution in [3.63, 3.8) is 0 Å². The molecule has 0 radical (unpaired) electrons. The Labute approximate surface area is 107 Å². The number of fused-ring (bicyclic) bond motifs is 1. The van der Waals surface area contributed by atoms with Crippen molar-refractivity contribution in [3.05, 3.63) is 23.8 Å². The summed E-state index contributed by atoms with van der Waals surface area (Å²) < 4.78 is 33.4. The largest absolute Gasteiger partial charge is 0.454 e. The van der Waals surface area contributed by atoms with Crippen molar-refractivity contribution >= 4 is 7.60 Å². The van der Waals surface area contributed by atoms with E-state index in [0.29, 0.717) is 24.7 Å². The molecule has 0 amide bonds. The number of hydrogen-bond donors (Lipinski definition) is 0. The van der Waals surface area contributed by atoms with Crippen molar-refractivity contribution in [3.8, 4) is 11.5 Å². The van der Waals surface area contributed by atoms with E-state index in [2.05, 4.69) is 0 Å². The summed E-state index contributed by atoms with van der Waals surface area (Å²) in [6.45, 7) is 4.55. The number of hydrogen-bond acceptors (Lipinski definition) is 5. The van der Waals surface area contributed by atoms with Crippen molar-refractivity contribution in [2.45, 2.75) is 20.0 Å². The summed E-state index contributed by atoms with van der Waals surface area (Å²) in [4.78, 5) is 0. The highest BCUT2D eigenvalue weighted by molar-refractivity contribution is 7.53. The van der Waals surface area contributed by atoms with Crippen LogP contribution in [0.15, 0.2) is 18.2 Å². The van der Waals surface area contributed by atoms with Gasteiger partial charge in [0.2, 0.25) is 6.79 Å². The van der Waals surface area contributed by atoms with Gasteiger partial charge in [0, 0.05) is 0 Å². The Bertz CT molecular complexity index is 450. The fourth-order valence-corrected chi connectivity index (χ4v) is 3.47. The lowest BCUT2D eigenvalue weighted by Gasteiger charge is -2.17. The van der Waals surface area contributed by atoms with E-state index in [0.717, 1.165) is 5.56 Å². The normalized spacial score (nSPS) is 13.9. The molecular formula is C12H17O5P. The van der Waals surface area contributed by atoms with Crippen molar-refractivity contribution in [2.75, 3.05) is 20.0 Å². The molecule has 0 saturated carbocycles. The Morgan fingerprint density at radius 2 is 1.83 bits per heavy atom. The van der Waals surface area contributed by atoms with Crippen LogP contribution in [0.5, 0.6) is 11.5 Å². The first-order valence-electron chi connectivity index (χ1n) is 5.93. The molecule has 18 heavy (non-hydrogen) atoms. The molecule has 1 aliphatic heterocycles. The van der Waals surface area contributed by atoms with E-state index in [4.69, 9.17) is 18.5 Å². The van der Waals surface area contributed by atoms with Gasteiger partial charge in [0.1, 0.15) is 0 Å². The van der Waals surface area contributed by atoms with Crippen molar-refractivity contribution in [2.24, 2.45) is 0 Å². The molecule has 1 aromatic rings. The quantitative estimate of drug-likeness (QED) is 0.744. The zero-order chi connectivity index (χ0) is 13.0. The summed E-state index contributed by atoms with van der Waals surface area (Å²) in [6, 6.07) is 5.46. The van der Waals surface area contributed by atoms with Crippen LogP contribution in [0.4, 0.5) is 0 Å². The molecule has 0 aliphatic carbocycles. The van der Waals surface area contributed by atoms with Crippen molar-refractivity contribution < 1.29 is 23.1 Å². The summed E-state index contributed by atoms with van der Waals surface area (Å²) in [5.41, 5.74) is 0.851. The highest BCUT2D eigenvalue weighted by Gasteiger charge is 2.25. The second kappa shape index (κ2) is 5.74. The van der Waals surface area contributed by atoms with Crippen LogP contribution in [0.25, 0.3) is 0 Å². The molecular weight excluding hydrogens is 255 g/mol. The smallest absolute Gasteiger partial charge is 0.335 e. The molecule has 2 rings (SSSR count). The molecule has 0 fully saturated rings. The standard InChI is InChI=1S/C12H17O5P/c1-3-16-18(13,17-4-2)8-10-5-6-11-12(7-10)15-9-14-11/h5-7H,3-4,8-9H2,1-2H3. The Hall–Kier alpha value is -1.03. The van der Waals surface area contributed by atoms with Crippen LogP contribution in [0.2, 0.25) is 0 Å². The van der Waals surface area contributed by atoms with Crippen LogP contribution < -0.4 is 9.47 Å². The van der Waals surface area contributed by atoms with E-state index in [1.54, 1.807) is 19.9 Å². The highest BCUT2D eigenvalue weighted by Crippen LogP contribution is 2.51. The predicted molar refractivity (Wildman–Crippen MR) is 67.1 cm³/mol. The Morgan fingerprint density at radius 1 is 1.17 bits per heavy atom. The van der Waals surface area contributed by atoms with Gasteiger partial charge in [-0.2, -0.15) is 0 Å². The zero-order valence-corrected chi connectivity index (χ0v) is 11.4. The van der Waals surface area contributed by atoms with Gasteiger partial charge in [-0.3, -0.25) is 4.57 Å². The van der Waals surface area contributed by atoms with Gasteiger partial charge in [0.15, 0.2) is 11.5 Å². The molecule has 1 heterocycles. The molecule has 0 bridgehead atoms. The van der Waals surface area contributed by atoms with Crippen LogP contribution in [-0.4, -0.2) is 20.0 Å². The molecule has 0 saturated heterocycles. The summed E-state index contributed by atoms with van der Waals surface area (Å²) in [7, 11) is -3.06. The summed E-state index contributed by atoms with van der Waals surface area (Å²) in [5.74, 6) is 1.38. The molecule has 1 aliphatic rings. The Balaban J connectivity index is 2.14. The van der Waals surface area contributed by atoms with Gasteiger partial charge in [-0.1, -0.05) is 6.07 Å². The lowest BCUT2D eigenvalue weighted by atomic mass is 10.2. The number of ether oxygens (including phenoxy) is 2. The Morgan fingerprint density at radius 3 is 2.50 bits per heavy atom. The maximum absolute atomic E-state index is 12.4. The second-order valence-corrected chi connectivity index (χ2v) is 5.85. The van der Waals surface area contributed by atoms with E-state index in [1.165, 1.54) is 0 Å². The first kappa shape index (κ1) is 13.4. The minimum Gasteiger partial charge on any atom is -0.454 e. The van der Waals surface area contributed by atoms with E-state index in [1.807, 2.05) is 12.1 Å². The first-order valence-corrected chi connectivity index (χ1v) is 7.66. The number of rotatable bonds is 6. The van der Waals surface area contributed by atoms with Crippen LogP contribution in [0, 0.1) is 0 Å². The monoisotopic (exact) mass is 272 g/mol. The lowest BCUT2D eigenvalue weighted by molar-refractivity contribution is 0.174. The third-order valence-corrected chi connectivity index (χ3v) is 4.52. The van der Waals surface area contributed by atoms with Gasteiger partial charge in [-0.05, 0) is 31.5 Å². The molecule has 0 N–H and O–H groups in total. The molecule has 0 unspecified atom stereocenters. The fourth-order valence-electron chi connectivity index (χ4n) is 1.78. The summed E-state index contributed by atoms with van der Waals surface area (Å²) >= 11 is 0. The summed E-state index contributed by atoms with van der Waals surface area (Å²) in [5, 5.41) is 0. The van der Waals surface area contributed by atoms with Crippen LogP contribution in [-0.2, 0) is 19.8 Å². The lowest BCUT2D eigenvalue weighted by Crippen LogP contribution is -1.99. The second-order valence-electron chi connectivity index (χ2n) is 3.79. The molecule has 0 aromatic heterocycles. The first-order chi connectivity index (χ1) is 8.67. The third-order valence-electron chi connectivity index (χ3n) is 2.46. The number of benzene rings is 1. The fraction of sp³-hybridized carbons (Fsp3) is 0.500. The van der Waals surface area contributed by atoms with E-state index in [-0.39, 0.29) is 13.0 Å². The predicted octanol–water partition coefficient (Wildman–Crippen LogP) is 3.18. The topological polar surface area (TPSA) is 54.0 Å². The molecule has 100 valence electrons. The molecule has 0 spiro atoms. The van der Waals surface area contributed by atoms with E-state index >= 15 is 0 Å². The zero-order valence-electron chi connectivity index (χ0n) is 10.5. The SMILES string of the molecule is CCOP(=O)(Cc1ccc2c(c1)OCO2)OCC.